The summed E-state index contributed by atoms with van der Waals surface area (Å²) in [6.07, 6.45) is 2.70. The molecule has 0 saturated heterocycles. The molecule has 0 aliphatic heterocycles. The minimum absolute atomic E-state index is 0.126. The van der Waals surface area contributed by atoms with Crippen molar-refractivity contribution >= 4 is 33.2 Å². The maximum atomic E-state index is 11.9. The lowest BCUT2D eigenvalue weighted by molar-refractivity contribution is 0.0953. The first-order chi connectivity index (χ1) is 11.3. The van der Waals surface area contributed by atoms with Gasteiger partial charge in [0.1, 0.15) is 0 Å². The zero-order chi connectivity index (χ0) is 17.6. The third-order valence-corrected chi connectivity index (χ3v) is 4.15. The van der Waals surface area contributed by atoms with Crippen LogP contribution in [0.1, 0.15) is 22.3 Å². The van der Waals surface area contributed by atoms with E-state index in [4.69, 9.17) is 11.6 Å². The lowest BCUT2D eigenvalue weighted by Crippen LogP contribution is -2.24. The van der Waals surface area contributed by atoms with Gasteiger partial charge in [-0.05, 0) is 54.8 Å². The molecule has 128 valence electrons. The number of anilines is 1. The van der Waals surface area contributed by atoms with Crippen molar-refractivity contribution in [3.05, 3.63) is 64.7 Å². The highest BCUT2D eigenvalue weighted by atomic mass is 35.5. The highest BCUT2D eigenvalue weighted by molar-refractivity contribution is 7.92. The minimum atomic E-state index is -3.26. The van der Waals surface area contributed by atoms with E-state index in [0.717, 1.165) is 24.7 Å². The zero-order valence-electron chi connectivity index (χ0n) is 13.3. The van der Waals surface area contributed by atoms with Crippen LogP contribution in [0.3, 0.4) is 0 Å². The molecular formula is C17H19ClN2O3S. The maximum Gasteiger partial charge on any atom is 0.251 e. The van der Waals surface area contributed by atoms with Gasteiger partial charge < -0.3 is 5.32 Å². The highest BCUT2D eigenvalue weighted by Crippen LogP contribution is 2.12. The van der Waals surface area contributed by atoms with Gasteiger partial charge in [0.25, 0.3) is 5.91 Å². The van der Waals surface area contributed by atoms with Gasteiger partial charge in [0.05, 0.1) is 6.26 Å². The quantitative estimate of drug-likeness (QED) is 0.739. The van der Waals surface area contributed by atoms with Crippen LogP contribution in [-0.2, 0) is 16.4 Å². The van der Waals surface area contributed by atoms with E-state index in [-0.39, 0.29) is 5.91 Å². The Bertz CT molecular complexity index is 788. The van der Waals surface area contributed by atoms with Crippen molar-refractivity contribution in [3.8, 4) is 0 Å². The van der Waals surface area contributed by atoms with Gasteiger partial charge in [0.15, 0.2) is 0 Å². The summed E-state index contributed by atoms with van der Waals surface area (Å²) in [6, 6.07) is 13.9. The van der Waals surface area contributed by atoms with Crippen LogP contribution >= 0.6 is 11.6 Å². The number of carbonyl (C=O) groups is 1. The predicted octanol–water partition coefficient (Wildman–Crippen LogP) is 3.07. The van der Waals surface area contributed by atoms with Crippen molar-refractivity contribution in [3.63, 3.8) is 0 Å². The van der Waals surface area contributed by atoms with Crippen molar-refractivity contribution < 1.29 is 13.2 Å². The van der Waals surface area contributed by atoms with Crippen LogP contribution < -0.4 is 10.0 Å². The third kappa shape index (κ3) is 6.22. The average molecular weight is 367 g/mol. The number of nitrogens with one attached hydrogen (secondary N) is 2. The normalized spacial score (nSPS) is 11.1. The van der Waals surface area contributed by atoms with Crippen molar-refractivity contribution in [1.82, 2.24) is 5.32 Å². The van der Waals surface area contributed by atoms with Crippen molar-refractivity contribution in [2.75, 3.05) is 17.5 Å². The fraction of sp³-hybridized carbons (Fsp3) is 0.235. The first-order valence-electron chi connectivity index (χ1n) is 7.44. The van der Waals surface area contributed by atoms with Crippen LogP contribution in [0.25, 0.3) is 0 Å². The van der Waals surface area contributed by atoms with Gasteiger partial charge in [-0.3, -0.25) is 9.52 Å². The molecule has 2 N–H and O–H groups in total. The van der Waals surface area contributed by atoms with Crippen LogP contribution in [-0.4, -0.2) is 27.1 Å². The molecule has 2 aromatic carbocycles. The SMILES string of the molecule is CS(=O)(=O)Nc1ccc(CCCNC(=O)c2ccc(Cl)cc2)cc1. The Morgan fingerprint density at radius 2 is 1.67 bits per heavy atom. The largest absolute Gasteiger partial charge is 0.352 e. The number of hydrogen-bond donors (Lipinski definition) is 2. The van der Waals surface area contributed by atoms with Crippen molar-refractivity contribution in [1.29, 1.82) is 0 Å². The summed E-state index contributed by atoms with van der Waals surface area (Å²) >= 11 is 5.79. The second-order valence-electron chi connectivity index (χ2n) is 5.44. The topological polar surface area (TPSA) is 75.3 Å². The summed E-state index contributed by atoms with van der Waals surface area (Å²) < 4.78 is 24.7. The molecule has 0 heterocycles. The van der Waals surface area contributed by atoms with Crippen molar-refractivity contribution in [2.24, 2.45) is 0 Å². The number of sulfonamides is 1. The molecule has 5 nitrogen and oxygen atoms in total. The van der Waals surface area contributed by atoms with E-state index < -0.39 is 10.0 Å². The summed E-state index contributed by atoms with van der Waals surface area (Å²) in [5.74, 6) is -0.126. The molecule has 0 aliphatic carbocycles. The van der Waals surface area contributed by atoms with Gasteiger partial charge in [-0.1, -0.05) is 23.7 Å². The minimum Gasteiger partial charge on any atom is -0.352 e. The molecule has 24 heavy (non-hydrogen) atoms. The molecule has 2 rings (SSSR count). The van der Waals surface area contributed by atoms with E-state index in [9.17, 15) is 13.2 Å². The molecule has 0 fully saturated rings. The van der Waals surface area contributed by atoms with Gasteiger partial charge in [-0.25, -0.2) is 8.42 Å². The molecule has 0 bridgehead atoms. The van der Waals surface area contributed by atoms with Gasteiger partial charge >= 0.3 is 0 Å². The molecule has 0 aromatic heterocycles. The highest BCUT2D eigenvalue weighted by Gasteiger charge is 2.05. The lowest BCUT2D eigenvalue weighted by atomic mass is 10.1. The Morgan fingerprint density at radius 3 is 2.25 bits per heavy atom. The van der Waals surface area contributed by atoms with Crippen LogP contribution in [0.15, 0.2) is 48.5 Å². The molecule has 0 unspecified atom stereocenters. The van der Waals surface area contributed by atoms with Gasteiger partial charge in [0.2, 0.25) is 10.0 Å². The Hall–Kier alpha value is -2.05. The van der Waals surface area contributed by atoms with E-state index in [1.165, 1.54) is 0 Å². The standard InChI is InChI=1S/C17H19ClN2O3S/c1-24(22,23)20-16-10-4-13(5-11-16)3-2-12-19-17(21)14-6-8-15(18)9-7-14/h4-11,20H,2-3,12H2,1H3,(H,19,21). The van der Waals surface area contributed by atoms with E-state index in [2.05, 4.69) is 10.0 Å². The number of rotatable bonds is 7. The summed E-state index contributed by atoms with van der Waals surface area (Å²) in [7, 11) is -3.26. The summed E-state index contributed by atoms with van der Waals surface area (Å²) in [6.45, 7) is 0.560. The Balaban J connectivity index is 1.76. The fourth-order valence-electron chi connectivity index (χ4n) is 2.15. The molecule has 1 amide bonds. The van der Waals surface area contributed by atoms with Gasteiger partial charge in [-0.15, -0.1) is 0 Å². The maximum absolute atomic E-state index is 11.9. The summed E-state index contributed by atoms with van der Waals surface area (Å²) in [4.78, 5) is 11.9. The molecule has 0 radical (unpaired) electrons. The first-order valence-corrected chi connectivity index (χ1v) is 9.71. The predicted molar refractivity (Wildman–Crippen MR) is 97.0 cm³/mol. The average Bonchev–Trinajstić information content (AvgIpc) is 2.52. The van der Waals surface area contributed by atoms with Crippen LogP contribution in [0.4, 0.5) is 5.69 Å². The number of carbonyl (C=O) groups excluding carboxylic acids is 1. The van der Waals surface area contributed by atoms with E-state index in [1.54, 1.807) is 36.4 Å². The Kier molecular flexibility index (Phi) is 6.23. The first kappa shape index (κ1) is 18.3. The van der Waals surface area contributed by atoms with E-state index in [1.807, 2.05) is 12.1 Å². The molecule has 0 saturated carbocycles. The van der Waals surface area contributed by atoms with Gasteiger partial charge in [0, 0.05) is 22.8 Å². The lowest BCUT2D eigenvalue weighted by Gasteiger charge is -2.07. The molecule has 0 aliphatic rings. The van der Waals surface area contributed by atoms with Crippen LogP contribution in [0.5, 0.6) is 0 Å². The number of hydrogen-bond acceptors (Lipinski definition) is 3. The fourth-order valence-corrected chi connectivity index (χ4v) is 2.84. The Morgan fingerprint density at radius 1 is 1.04 bits per heavy atom. The number of aryl methyl sites for hydroxylation is 1. The smallest absolute Gasteiger partial charge is 0.251 e. The Labute approximate surface area is 147 Å². The second kappa shape index (κ2) is 8.17. The number of halogens is 1. The second-order valence-corrected chi connectivity index (χ2v) is 7.62. The number of amides is 1. The van der Waals surface area contributed by atoms with E-state index in [0.29, 0.717) is 22.8 Å². The molecular weight excluding hydrogens is 348 g/mol. The molecule has 0 atom stereocenters. The van der Waals surface area contributed by atoms with E-state index >= 15 is 0 Å². The number of benzene rings is 2. The molecule has 7 heteroatoms. The van der Waals surface area contributed by atoms with Crippen LogP contribution in [0, 0.1) is 0 Å². The zero-order valence-corrected chi connectivity index (χ0v) is 14.8. The van der Waals surface area contributed by atoms with Crippen LogP contribution in [0.2, 0.25) is 5.02 Å². The third-order valence-electron chi connectivity index (χ3n) is 3.29. The van der Waals surface area contributed by atoms with Gasteiger partial charge in [-0.2, -0.15) is 0 Å². The summed E-state index contributed by atoms with van der Waals surface area (Å²) in [5, 5.41) is 3.45. The monoisotopic (exact) mass is 366 g/mol. The molecule has 0 spiro atoms. The van der Waals surface area contributed by atoms with Crippen molar-refractivity contribution in [2.45, 2.75) is 12.8 Å². The molecule has 2 aromatic rings. The summed E-state index contributed by atoms with van der Waals surface area (Å²) in [5.41, 5.74) is 2.20.